The molecule has 3 aromatic rings. The van der Waals surface area contributed by atoms with Gasteiger partial charge in [0.25, 0.3) is 5.56 Å². The Kier molecular flexibility index (Phi) is 4.12. The molecule has 3 aromatic heterocycles. The number of methoxy groups -OCH3 is 1. The summed E-state index contributed by atoms with van der Waals surface area (Å²) in [5, 5.41) is 1.01. The van der Waals surface area contributed by atoms with Crippen molar-refractivity contribution < 1.29 is 9.53 Å². The summed E-state index contributed by atoms with van der Waals surface area (Å²) in [6.45, 7) is 3.91. The van der Waals surface area contributed by atoms with Crippen LogP contribution in [0.4, 0.5) is 0 Å². The fourth-order valence-electron chi connectivity index (χ4n) is 2.86. The summed E-state index contributed by atoms with van der Waals surface area (Å²) >= 11 is 0. The average Bonchev–Trinajstić information content (AvgIpc) is 2.57. The number of esters is 1. The minimum atomic E-state index is -0.491. The van der Waals surface area contributed by atoms with Crippen molar-refractivity contribution in [2.24, 2.45) is 0 Å². The van der Waals surface area contributed by atoms with Gasteiger partial charge in [-0.2, -0.15) is 0 Å². The van der Waals surface area contributed by atoms with Crippen molar-refractivity contribution in [3.05, 3.63) is 69.7 Å². The predicted octanol–water partition coefficient (Wildman–Crippen LogP) is 2.24. The Bertz CT molecular complexity index is 978. The summed E-state index contributed by atoms with van der Waals surface area (Å²) in [4.78, 5) is 33.4. The summed E-state index contributed by atoms with van der Waals surface area (Å²) < 4.78 is 6.42. The van der Waals surface area contributed by atoms with Gasteiger partial charge in [-0.25, -0.2) is 4.79 Å². The molecule has 0 aliphatic heterocycles. The number of aryl methyl sites for hydroxylation is 2. The third kappa shape index (κ3) is 2.67. The molecule has 3 rings (SSSR count). The first-order valence-corrected chi connectivity index (χ1v) is 7.50. The Labute approximate surface area is 138 Å². The van der Waals surface area contributed by atoms with Gasteiger partial charge in [-0.15, -0.1) is 0 Å². The molecule has 0 aromatic carbocycles. The zero-order valence-electron chi connectivity index (χ0n) is 13.7. The summed E-state index contributed by atoms with van der Waals surface area (Å²) in [5.41, 5.74) is 2.22. The quantitative estimate of drug-likeness (QED) is 0.691. The molecule has 0 atom stereocenters. The largest absolute Gasteiger partial charge is 0.465 e. The van der Waals surface area contributed by atoms with Crippen molar-refractivity contribution in [1.82, 2.24) is 14.5 Å². The van der Waals surface area contributed by atoms with Crippen LogP contribution in [0.5, 0.6) is 0 Å². The summed E-state index contributed by atoms with van der Waals surface area (Å²) in [7, 11) is 1.32. The molecule has 6 nitrogen and oxygen atoms in total. The second kappa shape index (κ2) is 6.23. The molecule has 0 aliphatic carbocycles. The molecule has 0 aliphatic rings. The van der Waals surface area contributed by atoms with E-state index in [0.29, 0.717) is 34.3 Å². The van der Waals surface area contributed by atoms with Crippen molar-refractivity contribution in [1.29, 1.82) is 0 Å². The number of rotatable bonds is 3. The normalized spacial score (nSPS) is 10.8. The van der Waals surface area contributed by atoms with Gasteiger partial charge in [0.2, 0.25) is 0 Å². The van der Waals surface area contributed by atoms with Crippen LogP contribution in [-0.2, 0) is 11.3 Å². The highest BCUT2D eigenvalue weighted by molar-refractivity contribution is 6.05. The lowest BCUT2D eigenvalue weighted by molar-refractivity contribution is 0.0601. The number of carbonyl (C=O) groups excluding carboxylic acids is 1. The number of fused-ring (bicyclic) bond motifs is 1. The Hall–Kier alpha value is -3.02. The Morgan fingerprint density at radius 3 is 2.71 bits per heavy atom. The first-order chi connectivity index (χ1) is 11.5. The van der Waals surface area contributed by atoms with Crippen LogP contribution < -0.4 is 5.56 Å². The van der Waals surface area contributed by atoms with Crippen molar-refractivity contribution in [3.63, 3.8) is 0 Å². The van der Waals surface area contributed by atoms with Crippen LogP contribution >= 0.6 is 0 Å². The maximum Gasteiger partial charge on any atom is 0.340 e. The van der Waals surface area contributed by atoms with Gasteiger partial charge < -0.3 is 9.30 Å². The van der Waals surface area contributed by atoms with E-state index in [9.17, 15) is 9.59 Å². The molecule has 0 N–H and O–H groups in total. The molecule has 0 radical (unpaired) electrons. The first kappa shape index (κ1) is 15.9. The zero-order chi connectivity index (χ0) is 17.3. The van der Waals surface area contributed by atoms with Crippen molar-refractivity contribution in [3.8, 4) is 0 Å². The third-order valence-corrected chi connectivity index (χ3v) is 3.96. The lowest BCUT2D eigenvalue weighted by Gasteiger charge is -2.12. The van der Waals surface area contributed by atoms with Gasteiger partial charge >= 0.3 is 5.97 Å². The molecular weight excluding hydrogens is 306 g/mol. The van der Waals surface area contributed by atoms with E-state index < -0.39 is 5.97 Å². The molecule has 0 fully saturated rings. The minimum absolute atomic E-state index is 0.188. The van der Waals surface area contributed by atoms with E-state index in [2.05, 4.69) is 9.97 Å². The maximum atomic E-state index is 12.9. The zero-order valence-corrected chi connectivity index (χ0v) is 13.7. The molecule has 0 saturated heterocycles. The molecule has 0 saturated carbocycles. The standard InChI is InChI=1S/C18H17N3O3/c1-11-15-14(16(12(2)20-11)18(23)24-3)6-8-21(17(15)22)10-13-5-4-7-19-9-13/h4-9H,10H2,1-3H3. The van der Waals surface area contributed by atoms with Gasteiger partial charge in [-0.1, -0.05) is 6.07 Å². The Balaban J connectivity index is 2.23. The fraction of sp³-hybridized carbons (Fsp3) is 0.222. The molecule has 24 heavy (non-hydrogen) atoms. The van der Waals surface area contributed by atoms with Gasteiger partial charge in [0.1, 0.15) is 0 Å². The number of pyridine rings is 3. The first-order valence-electron chi connectivity index (χ1n) is 7.50. The average molecular weight is 323 g/mol. The van der Waals surface area contributed by atoms with Crippen LogP contribution in [0.3, 0.4) is 0 Å². The molecule has 122 valence electrons. The van der Waals surface area contributed by atoms with E-state index >= 15 is 0 Å². The van der Waals surface area contributed by atoms with Gasteiger partial charge in [0, 0.05) is 24.0 Å². The van der Waals surface area contributed by atoms with Crippen molar-refractivity contribution >= 4 is 16.7 Å². The van der Waals surface area contributed by atoms with Gasteiger partial charge in [0.15, 0.2) is 0 Å². The van der Waals surface area contributed by atoms with Gasteiger partial charge in [0.05, 0.1) is 36.0 Å². The molecule has 0 amide bonds. The molecule has 3 heterocycles. The lowest BCUT2D eigenvalue weighted by atomic mass is 10.0. The Morgan fingerprint density at radius 1 is 1.25 bits per heavy atom. The number of carbonyl (C=O) groups is 1. The smallest absolute Gasteiger partial charge is 0.340 e. The van der Waals surface area contributed by atoms with Crippen LogP contribution in [0.25, 0.3) is 10.8 Å². The highest BCUT2D eigenvalue weighted by atomic mass is 16.5. The number of ether oxygens (including phenoxy) is 1. The molecule has 6 heteroatoms. The second-order valence-corrected chi connectivity index (χ2v) is 5.55. The summed E-state index contributed by atoms with van der Waals surface area (Å²) in [6.07, 6.45) is 5.09. The molecule has 0 unspecified atom stereocenters. The molecule has 0 bridgehead atoms. The van der Waals surface area contributed by atoms with Crippen molar-refractivity contribution in [2.75, 3.05) is 7.11 Å². The molecule has 0 spiro atoms. The topological polar surface area (TPSA) is 74.1 Å². The van der Waals surface area contributed by atoms with E-state index in [-0.39, 0.29) is 5.56 Å². The maximum absolute atomic E-state index is 12.9. The fourth-order valence-corrected chi connectivity index (χ4v) is 2.86. The minimum Gasteiger partial charge on any atom is -0.465 e. The monoisotopic (exact) mass is 323 g/mol. The second-order valence-electron chi connectivity index (χ2n) is 5.55. The van der Waals surface area contributed by atoms with E-state index in [1.807, 2.05) is 12.1 Å². The summed E-state index contributed by atoms with van der Waals surface area (Å²) in [5.74, 6) is -0.491. The van der Waals surface area contributed by atoms with E-state index in [1.165, 1.54) is 7.11 Å². The van der Waals surface area contributed by atoms with Crippen LogP contribution in [0.2, 0.25) is 0 Å². The van der Waals surface area contributed by atoms with Crippen LogP contribution in [0.15, 0.2) is 41.6 Å². The van der Waals surface area contributed by atoms with Gasteiger partial charge in [-0.3, -0.25) is 14.8 Å². The Morgan fingerprint density at radius 2 is 2.04 bits per heavy atom. The highest BCUT2D eigenvalue weighted by Crippen LogP contribution is 2.21. The number of nitrogens with zero attached hydrogens (tertiary/aromatic N) is 3. The van der Waals surface area contributed by atoms with E-state index in [0.717, 1.165) is 5.56 Å². The van der Waals surface area contributed by atoms with Crippen LogP contribution in [-0.4, -0.2) is 27.6 Å². The van der Waals surface area contributed by atoms with E-state index in [1.54, 1.807) is 43.1 Å². The van der Waals surface area contributed by atoms with E-state index in [4.69, 9.17) is 4.74 Å². The molecular formula is C18H17N3O3. The summed E-state index contributed by atoms with van der Waals surface area (Å²) in [6, 6.07) is 5.50. The predicted molar refractivity (Wildman–Crippen MR) is 90.2 cm³/mol. The SMILES string of the molecule is COC(=O)c1c(C)nc(C)c2c(=O)n(Cc3cccnc3)ccc12. The van der Waals surface area contributed by atoms with Gasteiger partial charge in [-0.05, 0) is 31.5 Å². The lowest BCUT2D eigenvalue weighted by Crippen LogP contribution is -2.22. The van der Waals surface area contributed by atoms with Crippen molar-refractivity contribution in [2.45, 2.75) is 20.4 Å². The number of hydrogen-bond acceptors (Lipinski definition) is 5. The third-order valence-electron chi connectivity index (χ3n) is 3.96. The van der Waals surface area contributed by atoms with Crippen LogP contribution in [0.1, 0.15) is 27.3 Å². The highest BCUT2D eigenvalue weighted by Gasteiger charge is 2.19. The number of aromatic nitrogens is 3. The number of hydrogen-bond donors (Lipinski definition) is 0. The van der Waals surface area contributed by atoms with Crippen LogP contribution in [0, 0.1) is 13.8 Å².